The predicted molar refractivity (Wildman–Crippen MR) is 81.4 cm³/mol. The monoisotopic (exact) mass is 375 g/mol. The molecular weight excluding hydrogens is 368 g/mol. The maximum absolute atomic E-state index is 13.2. The molecule has 1 saturated carbocycles. The van der Waals surface area contributed by atoms with Crippen LogP contribution in [0.4, 0.5) is 15.9 Å². The smallest absolute Gasteiger partial charge is 0.135 e. The molecule has 104 valence electrons. The summed E-state index contributed by atoms with van der Waals surface area (Å²) in [6.45, 7) is 0. The van der Waals surface area contributed by atoms with Gasteiger partial charge in [0.1, 0.15) is 22.6 Å². The Hall–Kier alpha value is -0.910. The van der Waals surface area contributed by atoms with Crippen molar-refractivity contribution in [2.24, 2.45) is 0 Å². The summed E-state index contributed by atoms with van der Waals surface area (Å²) in [6.07, 6.45) is 2.17. The molecule has 3 rings (SSSR count). The minimum Gasteiger partial charge on any atom is -0.338 e. The molecule has 0 unspecified atom stereocenters. The number of halogens is 4. The summed E-state index contributed by atoms with van der Waals surface area (Å²) in [5.74, 6) is 1.25. The molecule has 7 heteroatoms. The first kappa shape index (κ1) is 14.0. The maximum atomic E-state index is 13.2. The third-order valence-electron chi connectivity index (χ3n) is 2.91. The van der Waals surface area contributed by atoms with E-state index in [1.54, 1.807) is 6.07 Å². The first-order chi connectivity index (χ1) is 9.52. The number of nitrogens with one attached hydrogen (secondary N) is 1. The van der Waals surface area contributed by atoms with Crippen molar-refractivity contribution in [3.63, 3.8) is 0 Å². The van der Waals surface area contributed by atoms with Gasteiger partial charge in [-0.2, -0.15) is 0 Å². The number of aromatic nitrogens is 2. The van der Waals surface area contributed by atoms with Gasteiger partial charge in [0.05, 0.1) is 10.7 Å². The van der Waals surface area contributed by atoms with Gasteiger partial charge in [0.25, 0.3) is 0 Å². The lowest BCUT2D eigenvalue weighted by molar-refractivity contribution is 0.627. The van der Waals surface area contributed by atoms with Gasteiger partial charge in [0, 0.05) is 16.5 Å². The van der Waals surface area contributed by atoms with Crippen LogP contribution in [0.25, 0.3) is 0 Å². The fourth-order valence-corrected chi connectivity index (χ4v) is 2.90. The lowest BCUT2D eigenvalue weighted by Crippen LogP contribution is -2.00. The van der Waals surface area contributed by atoms with Crippen LogP contribution in [0, 0.1) is 5.82 Å². The van der Waals surface area contributed by atoms with E-state index in [0.29, 0.717) is 27.0 Å². The number of nitrogens with zero attached hydrogens (tertiary/aromatic N) is 2. The highest BCUT2D eigenvalue weighted by Crippen LogP contribution is 2.39. The molecule has 2 aromatic rings. The van der Waals surface area contributed by atoms with Gasteiger partial charge in [-0.25, -0.2) is 14.4 Å². The molecule has 0 atom stereocenters. The minimum absolute atomic E-state index is 0.264. The molecule has 0 saturated heterocycles. The van der Waals surface area contributed by atoms with Crippen LogP contribution < -0.4 is 5.32 Å². The van der Waals surface area contributed by atoms with E-state index < -0.39 is 5.82 Å². The number of rotatable bonds is 3. The second-order valence-corrected chi connectivity index (χ2v) is 6.23. The fourth-order valence-electron chi connectivity index (χ4n) is 1.81. The van der Waals surface area contributed by atoms with Crippen molar-refractivity contribution in [3.8, 4) is 0 Å². The van der Waals surface area contributed by atoms with Crippen molar-refractivity contribution >= 4 is 50.6 Å². The zero-order chi connectivity index (χ0) is 14.3. The van der Waals surface area contributed by atoms with Crippen LogP contribution in [-0.2, 0) is 0 Å². The molecule has 0 radical (unpaired) electrons. The standard InChI is InChI=1S/C13H9BrCl2FN3/c14-8-3-7(17)4-9(15)12(8)19-11-5-10(16)18-13(20-11)6-1-2-6/h3-6H,1-2H2,(H,18,19,20). The van der Waals surface area contributed by atoms with Crippen molar-refractivity contribution in [2.45, 2.75) is 18.8 Å². The second kappa shape index (κ2) is 5.47. The highest BCUT2D eigenvalue weighted by molar-refractivity contribution is 9.10. The van der Waals surface area contributed by atoms with Crippen molar-refractivity contribution in [1.29, 1.82) is 0 Å². The van der Waals surface area contributed by atoms with Crippen molar-refractivity contribution in [2.75, 3.05) is 5.32 Å². The van der Waals surface area contributed by atoms with E-state index in [4.69, 9.17) is 23.2 Å². The average molecular weight is 377 g/mol. The summed E-state index contributed by atoms with van der Waals surface area (Å²) in [4.78, 5) is 8.62. The van der Waals surface area contributed by atoms with Crippen LogP contribution >= 0.6 is 39.1 Å². The third-order valence-corrected chi connectivity index (χ3v) is 4.03. The molecule has 0 aliphatic heterocycles. The predicted octanol–water partition coefficient (Wildman–Crippen LogP) is 5.31. The van der Waals surface area contributed by atoms with E-state index in [2.05, 4.69) is 31.2 Å². The van der Waals surface area contributed by atoms with Gasteiger partial charge in [0.2, 0.25) is 0 Å². The van der Waals surface area contributed by atoms with Crippen molar-refractivity contribution in [1.82, 2.24) is 9.97 Å². The number of anilines is 2. The molecule has 1 N–H and O–H groups in total. The average Bonchev–Trinajstić information content (AvgIpc) is 3.17. The SMILES string of the molecule is Fc1cc(Cl)c(Nc2cc(Cl)nc(C3CC3)n2)c(Br)c1. The number of benzene rings is 1. The Morgan fingerprint density at radius 2 is 1.95 bits per heavy atom. The van der Waals surface area contributed by atoms with E-state index >= 15 is 0 Å². The van der Waals surface area contributed by atoms with Gasteiger partial charge in [-0.3, -0.25) is 0 Å². The number of hydrogen-bond acceptors (Lipinski definition) is 3. The number of hydrogen-bond donors (Lipinski definition) is 1. The van der Waals surface area contributed by atoms with Crippen LogP contribution in [0.2, 0.25) is 10.2 Å². The molecule has 20 heavy (non-hydrogen) atoms. The lowest BCUT2D eigenvalue weighted by atomic mass is 10.3. The first-order valence-electron chi connectivity index (χ1n) is 5.99. The maximum Gasteiger partial charge on any atom is 0.135 e. The van der Waals surface area contributed by atoms with Crippen LogP contribution in [0.5, 0.6) is 0 Å². The zero-order valence-corrected chi connectivity index (χ0v) is 13.2. The quantitative estimate of drug-likeness (QED) is 0.738. The molecule has 1 aromatic carbocycles. The van der Waals surface area contributed by atoms with Gasteiger partial charge in [-0.15, -0.1) is 0 Å². The second-order valence-electron chi connectivity index (χ2n) is 4.58. The molecule has 0 amide bonds. The molecule has 3 nitrogen and oxygen atoms in total. The van der Waals surface area contributed by atoms with Crippen molar-refractivity contribution in [3.05, 3.63) is 44.5 Å². The highest BCUT2D eigenvalue weighted by atomic mass is 79.9. The van der Waals surface area contributed by atoms with Gasteiger partial charge in [0.15, 0.2) is 0 Å². The Morgan fingerprint density at radius 3 is 2.60 bits per heavy atom. The Morgan fingerprint density at radius 1 is 1.20 bits per heavy atom. The summed E-state index contributed by atoms with van der Waals surface area (Å²) >= 11 is 15.3. The third kappa shape index (κ3) is 3.05. The van der Waals surface area contributed by atoms with Crippen molar-refractivity contribution < 1.29 is 4.39 Å². The molecular formula is C13H9BrCl2FN3. The topological polar surface area (TPSA) is 37.8 Å². The Kier molecular flexibility index (Phi) is 3.84. The summed E-state index contributed by atoms with van der Waals surface area (Å²) in [6, 6.07) is 4.18. The normalized spacial score (nSPS) is 14.4. The molecule has 1 heterocycles. The summed E-state index contributed by atoms with van der Waals surface area (Å²) < 4.78 is 13.7. The minimum atomic E-state index is -0.410. The summed E-state index contributed by atoms with van der Waals surface area (Å²) in [7, 11) is 0. The van der Waals surface area contributed by atoms with Crippen LogP contribution in [-0.4, -0.2) is 9.97 Å². The van der Waals surface area contributed by atoms with Crippen LogP contribution in [0.3, 0.4) is 0 Å². The van der Waals surface area contributed by atoms with Gasteiger partial charge < -0.3 is 5.32 Å². The van der Waals surface area contributed by atoms with Gasteiger partial charge >= 0.3 is 0 Å². The highest BCUT2D eigenvalue weighted by Gasteiger charge is 2.27. The van der Waals surface area contributed by atoms with E-state index in [1.807, 2.05) is 0 Å². The Labute approximate surface area is 133 Å². The van der Waals surface area contributed by atoms with E-state index in [1.165, 1.54) is 12.1 Å². The van der Waals surface area contributed by atoms with Crippen LogP contribution in [0.15, 0.2) is 22.7 Å². The van der Waals surface area contributed by atoms with Gasteiger partial charge in [-0.05, 0) is 40.9 Å². The summed E-state index contributed by atoms with van der Waals surface area (Å²) in [5, 5.41) is 3.69. The molecule has 1 aliphatic carbocycles. The molecule has 1 fully saturated rings. The Balaban J connectivity index is 1.95. The van der Waals surface area contributed by atoms with Gasteiger partial charge in [-0.1, -0.05) is 23.2 Å². The largest absolute Gasteiger partial charge is 0.338 e. The van der Waals surface area contributed by atoms with E-state index in [-0.39, 0.29) is 5.02 Å². The molecule has 0 spiro atoms. The molecule has 1 aromatic heterocycles. The van der Waals surface area contributed by atoms with E-state index in [9.17, 15) is 4.39 Å². The fraction of sp³-hybridized carbons (Fsp3) is 0.231. The molecule has 1 aliphatic rings. The first-order valence-corrected chi connectivity index (χ1v) is 7.54. The lowest BCUT2D eigenvalue weighted by Gasteiger charge is -2.11. The molecule has 0 bridgehead atoms. The zero-order valence-electron chi connectivity index (χ0n) is 10.1. The Bertz CT molecular complexity index is 654. The van der Waals surface area contributed by atoms with E-state index in [0.717, 1.165) is 18.7 Å². The summed E-state index contributed by atoms with van der Waals surface area (Å²) in [5.41, 5.74) is 0.546. The van der Waals surface area contributed by atoms with Crippen LogP contribution in [0.1, 0.15) is 24.6 Å².